The third-order valence-electron chi connectivity index (χ3n) is 9.68. The van der Waals surface area contributed by atoms with Gasteiger partial charge >= 0.3 is 11.9 Å². The topological polar surface area (TPSA) is 63.6 Å². The fourth-order valence-corrected chi connectivity index (χ4v) is 6.51. The Kier molecular flexibility index (Phi) is 38.5. The van der Waals surface area contributed by atoms with Crippen LogP contribution >= 0.6 is 0 Å². The molecule has 1 unspecified atom stereocenters. The third kappa shape index (κ3) is 38.9. The number of carbonyl (C=O) groups is 2. The van der Waals surface area contributed by atoms with E-state index in [4.69, 9.17) is 9.84 Å². The molecule has 0 saturated carbocycles. The number of aliphatic carboxylic acids is 1. The molecule has 0 saturated heterocycles. The predicted molar refractivity (Wildman–Crippen MR) is 209 cm³/mol. The van der Waals surface area contributed by atoms with E-state index in [-0.39, 0.29) is 18.5 Å². The van der Waals surface area contributed by atoms with Crippen molar-refractivity contribution in [3.05, 3.63) is 24.3 Å². The van der Waals surface area contributed by atoms with Gasteiger partial charge in [0.1, 0.15) is 6.10 Å². The van der Waals surface area contributed by atoms with Crippen molar-refractivity contribution in [1.29, 1.82) is 0 Å². The second-order valence-electron chi connectivity index (χ2n) is 14.5. The Hall–Kier alpha value is -1.58. The fraction of sp³-hybridized carbons (Fsp3) is 0.864. The van der Waals surface area contributed by atoms with Gasteiger partial charge in [-0.3, -0.25) is 9.59 Å². The van der Waals surface area contributed by atoms with E-state index < -0.39 is 5.97 Å². The van der Waals surface area contributed by atoms with Crippen molar-refractivity contribution in [2.45, 2.75) is 245 Å². The molecule has 0 aliphatic carbocycles. The number of esters is 1. The molecular weight excluding hydrogens is 592 g/mol. The van der Waals surface area contributed by atoms with Crippen LogP contribution in [0.25, 0.3) is 0 Å². The maximum atomic E-state index is 12.7. The number of rotatable bonds is 39. The van der Waals surface area contributed by atoms with Gasteiger partial charge in [0.2, 0.25) is 0 Å². The van der Waals surface area contributed by atoms with Crippen LogP contribution in [0.1, 0.15) is 239 Å². The number of hydrogen-bond acceptors (Lipinski definition) is 3. The molecule has 0 aromatic heterocycles. The van der Waals surface area contributed by atoms with Crippen LogP contribution in [0.15, 0.2) is 24.3 Å². The van der Waals surface area contributed by atoms with Crippen LogP contribution in [0, 0.1) is 0 Å². The highest BCUT2D eigenvalue weighted by Crippen LogP contribution is 2.19. The molecule has 4 nitrogen and oxygen atoms in total. The Balaban J connectivity index is 3.85. The summed E-state index contributed by atoms with van der Waals surface area (Å²) in [6.07, 6.45) is 50.6. The molecule has 282 valence electrons. The molecule has 0 rings (SSSR count). The largest absolute Gasteiger partial charge is 0.481 e. The normalized spacial score (nSPS) is 12.4. The van der Waals surface area contributed by atoms with Gasteiger partial charge in [0, 0.05) is 12.8 Å². The van der Waals surface area contributed by atoms with E-state index in [9.17, 15) is 9.59 Å². The van der Waals surface area contributed by atoms with E-state index in [1.807, 2.05) is 0 Å². The van der Waals surface area contributed by atoms with Crippen molar-refractivity contribution in [2.24, 2.45) is 0 Å². The standard InChI is InChI=1S/C44H82O4/c1-3-5-7-9-11-13-15-16-17-18-19-20-21-22-23-24-25-27-29-31-37-41-44(47)48-42(39-35-32-33-36-40-43(45)46)38-34-30-28-26-14-12-10-8-6-4-2/h11,13,16-17,42H,3-10,12,14-15,18-41H2,1-2H3,(H,45,46)/b13-11-,17-16-. The van der Waals surface area contributed by atoms with Gasteiger partial charge < -0.3 is 9.84 Å². The molecule has 1 N–H and O–H groups in total. The van der Waals surface area contributed by atoms with Gasteiger partial charge in [-0.15, -0.1) is 0 Å². The average molecular weight is 675 g/mol. The summed E-state index contributed by atoms with van der Waals surface area (Å²) in [6.45, 7) is 4.53. The maximum Gasteiger partial charge on any atom is 0.306 e. The van der Waals surface area contributed by atoms with Gasteiger partial charge in [-0.2, -0.15) is 0 Å². The lowest BCUT2D eigenvalue weighted by Crippen LogP contribution is -2.18. The molecule has 0 aromatic carbocycles. The Morgan fingerprint density at radius 2 is 0.812 bits per heavy atom. The molecular formula is C44H82O4. The Bertz CT molecular complexity index is 727. The van der Waals surface area contributed by atoms with Crippen LogP contribution in [-0.4, -0.2) is 23.1 Å². The highest BCUT2D eigenvalue weighted by atomic mass is 16.5. The van der Waals surface area contributed by atoms with E-state index in [2.05, 4.69) is 38.2 Å². The average Bonchev–Trinajstić information content (AvgIpc) is 3.07. The molecule has 0 aromatic rings. The third-order valence-corrected chi connectivity index (χ3v) is 9.68. The zero-order valence-corrected chi connectivity index (χ0v) is 32.3. The number of hydrogen-bond donors (Lipinski definition) is 1. The lowest BCUT2D eigenvalue weighted by molar-refractivity contribution is -0.150. The second kappa shape index (κ2) is 39.9. The number of allylic oxidation sites excluding steroid dienone is 4. The first kappa shape index (κ1) is 46.4. The smallest absolute Gasteiger partial charge is 0.306 e. The minimum Gasteiger partial charge on any atom is -0.481 e. The van der Waals surface area contributed by atoms with Crippen LogP contribution < -0.4 is 0 Å². The van der Waals surface area contributed by atoms with E-state index >= 15 is 0 Å². The minimum absolute atomic E-state index is 0.0110. The quantitative estimate of drug-likeness (QED) is 0.0400. The van der Waals surface area contributed by atoms with Crippen molar-refractivity contribution in [1.82, 2.24) is 0 Å². The molecule has 0 bridgehead atoms. The summed E-state index contributed by atoms with van der Waals surface area (Å²) in [6, 6.07) is 0. The SMILES string of the molecule is CCCCC/C=C\C/C=C\CCCCCCCCCCCCCC(=O)OC(CCCCCCCCCCCC)CCCCCCC(=O)O. The number of ether oxygens (including phenoxy) is 1. The summed E-state index contributed by atoms with van der Waals surface area (Å²) in [4.78, 5) is 23.4. The van der Waals surface area contributed by atoms with Gasteiger partial charge in [-0.05, 0) is 70.6 Å². The Morgan fingerprint density at radius 1 is 0.458 bits per heavy atom. The molecule has 0 aliphatic rings. The molecule has 0 radical (unpaired) electrons. The fourth-order valence-electron chi connectivity index (χ4n) is 6.51. The first-order chi connectivity index (χ1) is 23.6. The van der Waals surface area contributed by atoms with E-state index in [0.29, 0.717) is 6.42 Å². The maximum absolute atomic E-state index is 12.7. The summed E-state index contributed by atoms with van der Waals surface area (Å²) in [5, 5.41) is 8.85. The van der Waals surface area contributed by atoms with Crippen LogP contribution in [0.3, 0.4) is 0 Å². The first-order valence-corrected chi connectivity index (χ1v) is 21.3. The van der Waals surface area contributed by atoms with Gasteiger partial charge in [-0.25, -0.2) is 0 Å². The minimum atomic E-state index is -0.709. The summed E-state index contributed by atoms with van der Waals surface area (Å²) >= 11 is 0. The van der Waals surface area contributed by atoms with Crippen molar-refractivity contribution in [3.63, 3.8) is 0 Å². The van der Waals surface area contributed by atoms with E-state index in [1.54, 1.807) is 0 Å². The predicted octanol–water partition coefficient (Wildman–Crippen LogP) is 14.8. The Labute approximate surface area is 299 Å². The zero-order valence-electron chi connectivity index (χ0n) is 32.3. The van der Waals surface area contributed by atoms with E-state index in [0.717, 1.165) is 64.2 Å². The summed E-state index contributed by atoms with van der Waals surface area (Å²) in [5.41, 5.74) is 0. The van der Waals surface area contributed by atoms with Crippen LogP contribution in [0.4, 0.5) is 0 Å². The number of carboxylic acids is 1. The zero-order chi connectivity index (χ0) is 35.0. The van der Waals surface area contributed by atoms with Crippen molar-refractivity contribution in [2.75, 3.05) is 0 Å². The molecule has 4 heteroatoms. The van der Waals surface area contributed by atoms with Crippen LogP contribution in [0.2, 0.25) is 0 Å². The second-order valence-corrected chi connectivity index (χ2v) is 14.5. The van der Waals surface area contributed by atoms with E-state index in [1.165, 1.54) is 148 Å². The summed E-state index contributed by atoms with van der Waals surface area (Å²) in [7, 11) is 0. The van der Waals surface area contributed by atoms with Gasteiger partial charge in [-0.1, -0.05) is 179 Å². The van der Waals surface area contributed by atoms with Gasteiger partial charge in [0.25, 0.3) is 0 Å². The molecule has 0 amide bonds. The molecule has 48 heavy (non-hydrogen) atoms. The van der Waals surface area contributed by atoms with Crippen LogP contribution in [0.5, 0.6) is 0 Å². The summed E-state index contributed by atoms with van der Waals surface area (Å²) < 4.78 is 5.98. The lowest BCUT2D eigenvalue weighted by Gasteiger charge is -2.18. The number of carbonyl (C=O) groups excluding carboxylic acids is 1. The molecule has 0 fully saturated rings. The highest BCUT2D eigenvalue weighted by molar-refractivity contribution is 5.69. The lowest BCUT2D eigenvalue weighted by atomic mass is 10.0. The highest BCUT2D eigenvalue weighted by Gasteiger charge is 2.14. The van der Waals surface area contributed by atoms with Crippen molar-refractivity contribution < 1.29 is 19.4 Å². The van der Waals surface area contributed by atoms with Crippen molar-refractivity contribution in [3.8, 4) is 0 Å². The molecule has 0 spiro atoms. The monoisotopic (exact) mass is 675 g/mol. The Morgan fingerprint density at radius 3 is 1.27 bits per heavy atom. The van der Waals surface area contributed by atoms with Crippen LogP contribution in [-0.2, 0) is 14.3 Å². The number of carboxylic acid groups (broad SMARTS) is 1. The van der Waals surface area contributed by atoms with Gasteiger partial charge in [0.05, 0.1) is 0 Å². The molecule has 1 atom stereocenters. The van der Waals surface area contributed by atoms with Crippen molar-refractivity contribution >= 4 is 11.9 Å². The number of unbranched alkanes of at least 4 members (excludes halogenated alkanes) is 26. The molecule has 0 aliphatic heterocycles. The molecule has 0 heterocycles. The van der Waals surface area contributed by atoms with Gasteiger partial charge in [0.15, 0.2) is 0 Å². The summed E-state index contributed by atoms with van der Waals surface area (Å²) in [5.74, 6) is -0.720. The first-order valence-electron chi connectivity index (χ1n) is 21.3.